The van der Waals surface area contributed by atoms with Crippen LogP contribution in [0, 0.1) is 12.8 Å². The van der Waals surface area contributed by atoms with Crippen LogP contribution in [0.1, 0.15) is 30.9 Å². The lowest BCUT2D eigenvalue weighted by Gasteiger charge is -2.21. The first kappa shape index (κ1) is 14.4. The van der Waals surface area contributed by atoms with Gasteiger partial charge in [0.1, 0.15) is 11.5 Å². The Bertz CT molecular complexity index is 438. The first-order valence-electron chi connectivity index (χ1n) is 5.88. The molecule has 0 aliphatic rings. The molecule has 0 heterocycles. The second kappa shape index (κ2) is 5.76. The molecule has 0 radical (unpaired) electrons. The molecule has 0 aliphatic carbocycles. The normalized spacial score (nSPS) is 12.3. The maximum atomic E-state index is 11.4. The fourth-order valence-corrected chi connectivity index (χ4v) is 2.21. The predicted octanol–water partition coefficient (Wildman–Crippen LogP) is 2.84. The van der Waals surface area contributed by atoms with Crippen LogP contribution in [0.3, 0.4) is 0 Å². The third-order valence-corrected chi connectivity index (χ3v) is 3.08. The molecule has 100 valence electrons. The molecule has 1 atom stereocenters. The summed E-state index contributed by atoms with van der Waals surface area (Å²) in [6.45, 7) is 5.63. The Morgan fingerprint density at radius 2 is 1.83 bits per heavy atom. The minimum absolute atomic E-state index is 0.0100. The summed E-state index contributed by atoms with van der Waals surface area (Å²) < 4.78 is 10.6. The quantitative estimate of drug-likeness (QED) is 0.875. The highest BCUT2D eigenvalue weighted by Crippen LogP contribution is 2.38. The standard InChI is InChI=1S/C14H20O4/c1-8(2)12(14(15)16)10-6-7-11(17-4)9(3)13(10)18-5/h6-8,12H,1-5H3,(H,15,16). The van der Waals surface area contributed by atoms with Gasteiger partial charge in [0.05, 0.1) is 20.1 Å². The molecular weight excluding hydrogens is 232 g/mol. The summed E-state index contributed by atoms with van der Waals surface area (Å²) in [5.41, 5.74) is 1.52. The average Bonchev–Trinajstić information content (AvgIpc) is 2.28. The van der Waals surface area contributed by atoms with Crippen LogP contribution in [0.4, 0.5) is 0 Å². The average molecular weight is 252 g/mol. The molecule has 0 bridgehead atoms. The van der Waals surface area contributed by atoms with Gasteiger partial charge in [-0.05, 0) is 18.9 Å². The molecule has 1 N–H and O–H groups in total. The van der Waals surface area contributed by atoms with E-state index in [0.29, 0.717) is 17.1 Å². The van der Waals surface area contributed by atoms with Gasteiger partial charge >= 0.3 is 5.97 Å². The maximum absolute atomic E-state index is 11.4. The van der Waals surface area contributed by atoms with Crippen LogP contribution in [-0.2, 0) is 4.79 Å². The van der Waals surface area contributed by atoms with Gasteiger partial charge in [0, 0.05) is 11.1 Å². The van der Waals surface area contributed by atoms with Crippen molar-refractivity contribution in [2.24, 2.45) is 5.92 Å². The lowest BCUT2D eigenvalue weighted by atomic mass is 9.87. The molecular formula is C14H20O4. The van der Waals surface area contributed by atoms with E-state index in [9.17, 15) is 9.90 Å². The molecule has 0 saturated heterocycles. The van der Waals surface area contributed by atoms with E-state index >= 15 is 0 Å². The van der Waals surface area contributed by atoms with E-state index in [4.69, 9.17) is 9.47 Å². The van der Waals surface area contributed by atoms with E-state index in [1.807, 2.05) is 20.8 Å². The lowest BCUT2D eigenvalue weighted by molar-refractivity contribution is -0.139. The number of carboxylic acids is 1. The summed E-state index contributed by atoms with van der Waals surface area (Å²) in [7, 11) is 3.13. The minimum atomic E-state index is -0.840. The summed E-state index contributed by atoms with van der Waals surface area (Å²) >= 11 is 0. The molecule has 18 heavy (non-hydrogen) atoms. The van der Waals surface area contributed by atoms with Crippen molar-refractivity contribution < 1.29 is 19.4 Å². The van der Waals surface area contributed by atoms with Gasteiger partial charge in [-0.1, -0.05) is 19.9 Å². The van der Waals surface area contributed by atoms with E-state index < -0.39 is 11.9 Å². The SMILES string of the molecule is COc1ccc(C(C(=O)O)C(C)C)c(OC)c1C. The fourth-order valence-electron chi connectivity index (χ4n) is 2.21. The Kier molecular flexibility index (Phi) is 4.59. The number of carboxylic acid groups (broad SMARTS) is 1. The van der Waals surface area contributed by atoms with E-state index in [2.05, 4.69) is 0 Å². The summed E-state index contributed by atoms with van der Waals surface area (Å²) in [5.74, 6) is -0.138. The third-order valence-electron chi connectivity index (χ3n) is 3.08. The van der Waals surface area contributed by atoms with Gasteiger partial charge in [0.15, 0.2) is 0 Å². The Morgan fingerprint density at radius 3 is 2.22 bits per heavy atom. The monoisotopic (exact) mass is 252 g/mol. The van der Waals surface area contributed by atoms with Crippen molar-refractivity contribution in [2.45, 2.75) is 26.7 Å². The topological polar surface area (TPSA) is 55.8 Å². The molecule has 4 heteroatoms. The van der Waals surface area contributed by atoms with Crippen molar-refractivity contribution in [3.8, 4) is 11.5 Å². The van der Waals surface area contributed by atoms with Crippen LogP contribution in [0.5, 0.6) is 11.5 Å². The number of rotatable bonds is 5. The van der Waals surface area contributed by atoms with Crippen LogP contribution in [0.2, 0.25) is 0 Å². The number of carbonyl (C=O) groups is 1. The van der Waals surface area contributed by atoms with Crippen LogP contribution in [-0.4, -0.2) is 25.3 Å². The number of ether oxygens (including phenoxy) is 2. The fraction of sp³-hybridized carbons (Fsp3) is 0.500. The molecule has 4 nitrogen and oxygen atoms in total. The minimum Gasteiger partial charge on any atom is -0.496 e. The van der Waals surface area contributed by atoms with E-state index in [1.54, 1.807) is 26.4 Å². The van der Waals surface area contributed by atoms with Gasteiger partial charge in [-0.2, -0.15) is 0 Å². The zero-order chi connectivity index (χ0) is 13.9. The highest BCUT2D eigenvalue weighted by Gasteiger charge is 2.28. The number of aliphatic carboxylic acids is 1. The first-order valence-corrected chi connectivity index (χ1v) is 5.88. The lowest BCUT2D eigenvalue weighted by Crippen LogP contribution is -2.18. The van der Waals surface area contributed by atoms with Crippen molar-refractivity contribution in [1.82, 2.24) is 0 Å². The van der Waals surface area contributed by atoms with Crippen molar-refractivity contribution in [3.05, 3.63) is 23.3 Å². The predicted molar refractivity (Wildman–Crippen MR) is 69.5 cm³/mol. The highest BCUT2D eigenvalue weighted by atomic mass is 16.5. The number of methoxy groups -OCH3 is 2. The molecule has 1 unspecified atom stereocenters. The molecule has 0 aliphatic heterocycles. The Balaban J connectivity index is 3.40. The van der Waals surface area contributed by atoms with Gasteiger partial charge in [0.25, 0.3) is 0 Å². The molecule has 1 aromatic rings. The van der Waals surface area contributed by atoms with E-state index in [1.165, 1.54) is 0 Å². The zero-order valence-electron chi connectivity index (χ0n) is 11.5. The van der Waals surface area contributed by atoms with Crippen molar-refractivity contribution >= 4 is 5.97 Å². The van der Waals surface area contributed by atoms with Crippen molar-refractivity contribution in [2.75, 3.05) is 14.2 Å². The van der Waals surface area contributed by atoms with Gasteiger partial charge in [0.2, 0.25) is 0 Å². The molecule has 0 aromatic heterocycles. The number of benzene rings is 1. The maximum Gasteiger partial charge on any atom is 0.311 e. The van der Waals surface area contributed by atoms with Gasteiger partial charge in [-0.3, -0.25) is 4.79 Å². The first-order chi connectivity index (χ1) is 8.43. The van der Waals surface area contributed by atoms with Crippen LogP contribution >= 0.6 is 0 Å². The number of hydrogen-bond acceptors (Lipinski definition) is 3. The molecule has 1 rings (SSSR count). The summed E-state index contributed by atoms with van der Waals surface area (Å²) in [4.78, 5) is 11.4. The second-order valence-electron chi connectivity index (χ2n) is 4.58. The Labute approximate surface area is 108 Å². The summed E-state index contributed by atoms with van der Waals surface area (Å²) in [6, 6.07) is 3.55. The Morgan fingerprint density at radius 1 is 1.22 bits per heavy atom. The molecule has 0 spiro atoms. The second-order valence-corrected chi connectivity index (χ2v) is 4.58. The zero-order valence-corrected chi connectivity index (χ0v) is 11.5. The van der Waals surface area contributed by atoms with E-state index in [0.717, 1.165) is 5.56 Å². The molecule has 0 amide bonds. The Hall–Kier alpha value is -1.71. The smallest absolute Gasteiger partial charge is 0.311 e. The van der Waals surface area contributed by atoms with Gasteiger partial charge < -0.3 is 14.6 Å². The van der Waals surface area contributed by atoms with E-state index in [-0.39, 0.29) is 5.92 Å². The van der Waals surface area contributed by atoms with Crippen LogP contribution in [0.25, 0.3) is 0 Å². The van der Waals surface area contributed by atoms with Gasteiger partial charge in [-0.25, -0.2) is 0 Å². The van der Waals surface area contributed by atoms with Gasteiger partial charge in [-0.15, -0.1) is 0 Å². The summed E-state index contributed by atoms with van der Waals surface area (Å²) in [5, 5.41) is 9.35. The van der Waals surface area contributed by atoms with Crippen LogP contribution in [0.15, 0.2) is 12.1 Å². The number of hydrogen-bond donors (Lipinski definition) is 1. The largest absolute Gasteiger partial charge is 0.496 e. The molecule has 1 aromatic carbocycles. The highest BCUT2D eigenvalue weighted by molar-refractivity contribution is 5.78. The third kappa shape index (κ3) is 2.58. The van der Waals surface area contributed by atoms with Crippen molar-refractivity contribution in [3.63, 3.8) is 0 Å². The summed E-state index contributed by atoms with van der Waals surface area (Å²) in [6.07, 6.45) is 0. The van der Waals surface area contributed by atoms with Crippen molar-refractivity contribution in [1.29, 1.82) is 0 Å². The van der Waals surface area contributed by atoms with Crippen LogP contribution < -0.4 is 9.47 Å². The molecule has 0 fully saturated rings. The molecule has 0 saturated carbocycles.